The lowest BCUT2D eigenvalue weighted by Crippen LogP contribution is -2.30. The Bertz CT molecular complexity index is 1060. The zero-order chi connectivity index (χ0) is 17.4. The van der Waals surface area contributed by atoms with E-state index >= 15 is 0 Å². The Morgan fingerprint density at radius 1 is 1.12 bits per heavy atom. The summed E-state index contributed by atoms with van der Waals surface area (Å²) < 4.78 is 0.255. The van der Waals surface area contributed by atoms with Crippen molar-refractivity contribution in [2.24, 2.45) is 0 Å². The van der Waals surface area contributed by atoms with Crippen LogP contribution in [0.4, 0.5) is 0 Å². The van der Waals surface area contributed by atoms with E-state index in [4.69, 9.17) is 12.2 Å². The maximum absolute atomic E-state index is 13.0. The first-order valence-corrected chi connectivity index (χ1v) is 8.66. The van der Waals surface area contributed by atoms with Gasteiger partial charge in [-0.15, -0.1) is 0 Å². The summed E-state index contributed by atoms with van der Waals surface area (Å²) in [4.78, 5) is 32.4. The Morgan fingerprint density at radius 3 is 2.72 bits per heavy atom. The molecular weight excluding hydrogens is 334 g/mol. The Hall–Kier alpha value is -2.73. The van der Waals surface area contributed by atoms with Crippen molar-refractivity contribution in [2.45, 2.75) is 18.9 Å². The first-order chi connectivity index (χ1) is 12.1. The molecule has 0 aliphatic carbocycles. The van der Waals surface area contributed by atoms with Crippen molar-refractivity contribution in [3.8, 4) is 0 Å². The van der Waals surface area contributed by atoms with E-state index in [0.29, 0.717) is 16.5 Å². The molecule has 2 N–H and O–H groups in total. The summed E-state index contributed by atoms with van der Waals surface area (Å²) in [6.07, 6.45) is 1.95. The number of nitrogens with one attached hydrogen (secondary N) is 2. The third-order valence-corrected chi connectivity index (χ3v) is 4.89. The number of hydrogen-bond acceptors (Lipinski definition) is 3. The number of carbonyl (C=O) groups excluding carboxylic acids is 1. The summed E-state index contributed by atoms with van der Waals surface area (Å²) in [7, 11) is 0. The second-order valence-corrected chi connectivity index (χ2v) is 6.64. The maximum Gasteiger partial charge on any atom is 0.259 e. The number of aromatic amines is 2. The normalized spacial score (nSPS) is 17.1. The second-order valence-electron chi connectivity index (χ2n) is 6.24. The molecule has 2 heterocycles. The molecule has 1 saturated heterocycles. The summed E-state index contributed by atoms with van der Waals surface area (Å²) >= 11 is 5.02. The number of amides is 1. The standard InChI is InChI=1S/C19H17N3O2S/c23-17-14-9-8-13(11-15(14)20-19(25)21-17)18(24)22-10-4-7-16(22)12-5-2-1-3-6-12/h1-3,5-6,8-9,11,16H,4,7,10H2,(H2,20,21,23,25)/t16-/m1/s1. The van der Waals surface area contributed by atoms with Gasteiger partial charge in [0.05, 0.1) is 16.9 Å². The Morgan fingerprint density at radius 2 is 1.92 bits per heavy atom. The van der Waals surface area contributed by atoms with Crippen molar-refractivity contribution in [3.05, 3.63) is 74.8 Å². The van der Waals surface area contributed by atoms with E-state index in [1.165, 1.54) is 0 Å². The van der Waals surface area contributed by atoms with E-state index in [1.54, 1.807) is 18.2 Å². The molecule has 2 aromatic carbocycles. The lowest BCUT2D eigenvalue weighted by atomic mass is 10.0. The van der Waals surface area contributed by atoms with Gasteiger partial charge < -0.3 is 9.88 Å². The first kappa shape index (κ1) is 15.8. The first-order valence-electron chi connectivity index (χ1n) is 8.26. The smallest absolute Gasteiger partial charge is 0.259 e. The molecule has 0 saturated carbocycles. The molecule has 25 heavy (non-hydrogen) atoms. The van der Waals surface area contributed by atoms with E-state index in [1.807, 2.05) is 23.1 Å². The molecule has 126 valence electrons. The molecule has 3 aromatic rings. The van der Waals surface area contributed by atoms with Crippen molar-refractivity contribution in [2.75, 3.05) is 6.54 Å². The van der Waals surface area contributed by atoms with Crippen molar-refractivity contribution >= 4 is 29.0 Å². The van der Waals surface area contributed by atoms with Crippen LogP contribution in [0.1, 0.15) is 34.8 Å². The summed E-state index contributed by atoms with van der Waals surface area (Å²) in [5.41, 5.74) is 2.05. The molecule has 6 heteroatoms. The lowest BCUT2D eigenvalue weighted by Gasteiger charge is -2.25. The molecule has 1 aliphatic rings. The largest absolute Gasteiger partial charge is 0.332 e. The summed E-state index contributed by atoms with van der Waals surface area (Å²) in [6, 6.07) is 15.3. The van der Waals surface area contributed by atoms with Gasteiger partial charge in [0.25, 0.3) is 11.5 Å². The monoisotopic (exact) mass is 351 g/mol. The van der Waals surface area contributed by atoms with Gasteiger partial charge in [-0.25, -0.2) is 0 Å². The third-order valence-electron chi connectivity index (χ3n) is 4.68. The predicted octanol–water partition coefficient (Wildman–Crippen LogP) is 3.56. The van der Waals surface area contributed by atoms with Gasteiger partial charge >= 0.3 is 0 Å². The highest BCUT2D eigenvalue weighted by atomic mass is 32.1. The van der Waals surface area contributed by atoms with Gasteiger partial charge in [-0.1, -0.05) is 30.3 Å². The number of H-pyrrole nitrogens is 2. The molecule has 0 radical (unpaired) electrons. The number of likely N-dealkylation sites (tertiary alicyclic amines) is 1. The van der Waals surface area contributed by atoms with Crippen LogP contribution in [0.5, 0.6) is 0 Å². The van der Waals surface area contributed by atoms with E-state index < -0.39 is 0 Å². The van der Waals surface area contributed by atoms with Crippen LogP contribution in [0.2, 0.25) is 0 Å². The average molecular weight is 351 g/mol. The molecule has 5 nitrogen and oxygen atoms in total. The van der Waals surface area contributed by atoms with Crippen LogP contribution in [0.3, 0.4) is 0 Å². The van der Waals surface area contributed by atoms with E-state index in [-0.39, 0.29) is 22.3 Å². The number of nitrogens with zero attached hydrogens (tertiary/aromatic N) is 1. The van der Waals surface area contributed by atoms with Crippen LogP contribution in [0.25, 0.3) is 10.9 Å². The SMILES string of the molecule is O=C(c1ccc2c(=O)[nH]c(=S)[nH]c2c1)N1CCC[C@@H]1c1ccccc1. The fraction of sp³-hybridized carbons (Fsp3) is 0.211. The quantitative estimate of drug-likeness (QED) is 0.694. The molecule has 0 bridgehead atoms. The highest BCUT2D eigenvalue weighted by molar-refractivity contribution is 7.71. The van der Waals surface area contributed by atoms with Gasteiger partial charge in [0.1, 0.15) is 0 Å². The van der Waals surface area contributed by atoms with Crippen molar-refractivity contribution in [3.63, 3.8) is 0 Å². The van der Waals surface area contributed by atoms with Crippen LogP contribution < -0.4 is 5.56 Å². The number of hydrogen-bond donors (Lipinski definition) is 2. The molecule has 1 fully saturated rings. The van der Waals surface area contributed by atoms with Crippen molar-refractivity contribution < 1.29 is 4.79 Å². The minimum Gasteiger partial charge on any atom is -0.332 e. The summed E-state index contributed by atoms with van der Waals surface area (Å²) in [5.74, 6) is -0.0205. The molecular formula is C19H17N3O2S. The summed E-state index contributed by atoms with van der Waals surface area (Å²) in [6.45, 7) is 0.738. The molecule has 1 aromatic heterocycles. The molecule has 4 rings (SSSR count). The minimum atomic E-state index is -0.249. The Kier molecular flexibility index (Phi) is 3.97. The Labute approximate surface area is 149 Å². The van der Waals surface area contributed by atoms with Crippen LogP contribution in [-0.4, -0.2) is 27.3 Å². The van der Waals surface area contributed by atoms with E-state index in [2.05, 4.69) is 22.1 Å². The van der Waals surface area contributed by atoms with Gasteiger partial charge in [0, 0.05) is 12.1 Å². The van der Waals surface area contributed by atoms with Gasteiger partial charge in [0.2, 0.25) is 0 Å². The number of aromatic nitrogens is 2. The van der Waals surface area contributed by atoms with Gasteiger partial charge in [-0.05, 0) is 48.8 Å². The zero-order valence-corrected chi connectivity index (χ0v) is 14.3. The predicted molar refractivity (Wildman–Crippen MR) is 99.2 cm³/mol. The zero-order valence-electron chi connectivity index (χ0n) is 13.5. The summed E-state index contributed by atoms with van der Waals surface area (Å²) in [5, 5.41) is 0.492. The van der Waals surface area contributed by atoms with Crippen LogP contribution >= 0.6 is 12.2 Å². The lowest BCUT2D eigenvalue weighted by molar-refractivity contribution is 0.0736. The number of carbonyl (C=O) groups is 1. The number of benzene rings is 2. The average Bonchev–Trinajstić information content (AvgIpc) is 3.11. The van der Waals surface area contributed by atoms with Crippen LogP contribution in [0.15, 0.2) is 53.3 Å². The molecule has 1 amide bonds. The van der Waals surface area contributed by atoms with E-state index in [9.17, 15) is 9.59 Å². The fourth-order valence-corrected chi connectivity index (χ4v) is 3.70. The van der Waals surface area contributed by atoms with Crippen molar-refractivity contribution in [1.82, 2.24) is 14.9 Å². The minimum absolute atomic E-state index is 0.0205. The van der Waals surface area contributed by atoms with Crippen LogP contribution in [-0.2, 0) is 0 Å². The highest BCUT2D eigenvalue weighted by Crippen LogP contribution is 2.33. The van der Waals surface area contributed by atoms with Gasteiger partial charge in [-0.3, -0.25) is 14.6 Å². The maximum atomic E-state index is 13.0. The third kappa shape index (κ3) is 2.89. The number of fused-ring (bicyclic) bond motifs is 1. The molecule has 1 aliphatic heterocycles. The van der Waals surface area contributed by atoms with Crippen LogP contribution in [0, 0.1) is 4.77 Å². The topological polar surface area (TPSA) is 69.0 Å². The van der Waals surface area contributed by atoms with Gasteiger partial charge in [0.15, 0.2) is 4.77 Å². The van der Waals surface area contributed by atoms with Gasteiger partial charge in [-0.2, -0.15) is 0 Å². The molecule has 1 atom stereocenters. The van der Waals surface area contributed by atoms with Crippen molar-refractivity contribution in [1.29, 1.82) is 0 Å². The fourth-order valence-electron chi connectivity index (χ4n) is 3.50. The molecule has 0 spiro atoms. The highest BCUT2D eigenvalue weighted by Gasteiger charge is 2.30. The number of rotatable bonds is 2. The Balaban J connectivity index is 1.72. The molecule has 0 unspecified atom stereocenters. The van der Waals surface area contributed by atoms with E-state index in [0.717, 1.165) is 24.9 Å². The second kappa shape index (κ2) is 6.29.